The summed E-state index contributed by atoms with van der Waals surface area (Å²) in [5, 5.41) is 13.1. The van der Waals surface area contributed by atoms with Gasteiger partial charge in [-0.05, 0) is 124 Å². The fourth-order valence-electron chi connectivity index (χ4n) is 12.5. The molecule has 4 saturated carbocycles. The molecule has 8 atom stereocenters. The first-order valence-electron chi connectivity index (χ1n) is 19.2. The summed E-state index contributed by atoms with van der Waals surface area (Å²) in [6.07, 6.45) is 7.52. The third kappa shape index (κ3) is 5.41. The van der Waals surface area contributed by atoms with Crippen molar-refractivity contribution in [2.45, 2.75) is 145 Å². The van der Waals surface area contributed by atoms with Gasteiger partial charge in [0.25, 0.3) is 5.91 Å². The third-order valence-corrected chi connectivity index (χ3v) is 15.4. The van der Waals surface area contributed by atoms with Crippen LogP contribution in [0.2, 0.25) is 0 Å². The highest BCUT2D eigenvalue weighted by atomic mass is 16.5. The lowest BCUT2D eigenvalue weighted by Gasteiger charge is -2.70. The number of Topliss-reactive ketones (excluding diaryl/α,β-unsaturated/α-hetero) is 1. The molecule has 0 saturated heterocycles. The number of carboxylic acid groups (broad SMARTS) is 1. The van der Waals surface area contributed by atoms with Gasteiger partial charge in [-0.1, -0.05) is 71.7 Å². The zero-order valence-corrected chi connectivity index (χ0v) is 32.3. The minimum Gasteiger partial charge on any atom is -0.481 e. The summed E-state index contributed by atoms with van der Waals surface area (Å²) in [6.45, 7) is 21.5. The van der Waals surface area contributed by atoms with Gasteiger partial charge in [-0.3, -0.25) is 19.2 Å². The van der Waals surface area contributed by atoms with Crippen LogP contribution in [0.3, 0.4) is 0 Å². The SMILES string of the molecule is Cc1ccc(C(=O)N[C@@]23CC[C@]4(C)C(=C2C(C(C)C)C(=O)C3)CC[C@@H]2[C@@]3(C)CC[C@H](OC(=O)CC(C)(C)C(=O)O)C(C)(C)[C@@H]3CC[C@]24C)cc1. The van der Waals surface area contributed by atoms with Gasteiger partial charge in [0.1, 0.15) is 11.9 Å². The molecule has 50 heavy (non-hydrogen) atoms. The number of nitrogens with one attached hydrogen (secondary N) is 1. The van der Waals surface area contributed by atoms with Crippen molar-refractivity contribution < 1.29 is 29.0 Å². The maximum Gasteiger partial charge on any atom is 0.309 e. The minimum absolute atomic E-state index is 0.0181. The molecule has 5 aliphatic rings. The van der Waals surface area contributed by atoms with Crippen molar-refractivity contribution in [1.82, 2.24) is 5.32 Å². The van der Waals surface area contributed by atoms with E-state index in [-0.39, 0.29) is 57.7 Å². The van der Waals surface area contributed by atoms with Gasteiger partial charge >= 0.3 is 11.9 Å². The number of carbonyl (C=O) groups excluding carboxylic acids is 3. The molecule has 0 spiro atoms. The number of esters is 1. The Labute approximate surface area is 299 Å². The largest absolute Gasteiger partial charge is 0.481 e. The fraction of sp³-hybridized carbons (Fsp3) is 0.721. The molecule has 1 unspecified atom stereocenters. The van der Waals surface area contributed by atoms with Crippen molar-refractivity contribution in [1.29, 1.82) is 0 Å². The van der Waals surface area contributed by atoms with Gasteiger partial charge < -0.3 is 15.2 Å². The molecule has 0 aromatic heterocycles. The number of ketones is 1. The van der Waals surface area contributed by atoms with Gasteiger partial charge in [-0.25, -0.2) is 0 Å². The smallest absolute Gasteiger partial charge is 0.309 e. The molecule has 274 valence electrons. The second-order valence-electron chi connectivity index (χ2n) is 19.3. The second kappa shape index (κ2) is 12.0. The summed E-state index contributed by atoms with van der Waals surface area (Å²) >= 11 is 0. The quantitative estimate of drug-likeness (QED) is 0.219. The number of aliphatic carboxylic acids is 1. The number of hydrogen-bond acceptors (Lipinski definition) is 5. The summed E-state index contributed by atoms with van der Waals surface area (Å²) in [5.41, 5.74) is 2.36. The molecule has 2 N–H and O–H groups in total. The summed E-state index contributed by atoms with van der Waals surface area (Å²) in [6, 6.07) is 7.71. The van der Waals surface area contributed by atoms with Crippen LogP contribution in [0.1, 0.15) is 142 Å². The highest BCUT2D eigenvalue weighted by Crippen LogP contribution is 2.75. The molecule has 5 aliphatic carbocycles. The predicted octanol–water partition coefficient (Wildman–Crippen LogP) is 8.87. The number of amides is 1. The second-order valence-corrected chi connectivity index (χ2v) is 19.3. The van der Waals surface area contributed by atoms with Crippen LogP contribution in [-0.2, 0) is 19.1 Å². The van der Waals surface area contributed by atoms with E-state index in [0.29, 0.717) is 23.8 Å². The van der Waals surface area contributed by atoms with Gasteiger partial charge in [0, 0.05) is 23.3 Å². The van der Waals surface area contributed by atoms with Gasteiger partial charge in [-0.2, -0.15) is 0 Å². The number of aryl methyl sites for hydroxylation is 1. The molecule has 0 heterocycles. The van der Waals surface area contributed by atoms with E-state index in [4.69, 9.17) is 4.74 Å². The number of carboxylic acids is 1. The van der Waals surface area contributed by atoms with Crippen LogP contribution in [0.15, 0.2) is 35.4 Å². The number of carbonyl (C=O) groups is 4. The Bertz CT molecular complexity index is 1620. The zero-order chi connectivity index (χ0) is 36.8. The standard InChI is InChI=1S/C43H61NO6/c1-25(2)34-29(45)23-43(44-36(47)27-13-11-26(3)12-14-27)22-21-41(9)28(35(34)43)15-16-31-40(8)19-18-32(50-33(46)24-38(4,5)37(48)49)39(6,7)30(40)17-20-42(31,41)10/h11-14,25,30-32,34H,15-24H2,1-10H3,(H,44,47)(H,48,49)/t30-,31+,32-,34?,40-,41+,42+,43+/m0/s1. The molecule has 6 rings (SSSR count). The summed E-state index contributed by atoms with van der Waals surface area (Å²) in [5.74, 6) is -0.441. The average molecular weight is 688 g/mol. The third-order valence-electron chi connectivity index (χ3n) is 15.4. The van der Waals surface area contributed by atoms with E-state index < -0.39 is 22.9 Å². The van der Waals surface area contributed by atoms with Crippen molar-refractivity contribution in [2.24, 2.45) is 50.7 Å². The number of rotatable bonds is 7. The fourth-order valence-corrected chi connectivity index (χ4v) is 12.5. The zero-order valence-electron chi connectivity index (χ0n) is 32.3. The maximum absolute atomic E-state index is 14.0. The Morgan fingerprint density at radius 3 is 2.22 bits per heavy atom. The minimum atomic E-state index is -1.17. The molecular formula is C43H61NO6. The molecule has 1 aromatic carbocycles. The first kappa shape index (κ1) is 36.8. The number of ether oxygens (including phenoxy) is 1. The Kier molecular flexibility index (Phi) is 8.87. The Morgan fingerprint density at radius 1 is 0.940 bits per heavy atom. The van der Waals surface area contributed by atoms with E-state index in [1.807, 2.05) is 31.2 Å². The van der Waals surface area contributed by atoms with E-state index in [1.165, 1.54) is 11.1 Å². The van der Waals surface area contributed by atoms with Gasteiger partial charge in [-0.15, -0.1) is 0 Å². The summed E-state index contributed by atoms with van der Waals surface area (Å²) in [7, 11) is 0. The monoisotopic (exact) mass is 687 g/mol. The van der Waals surface area contributed by atoms with Crippen LogP contribution in [0.4, 0.5) is 0 Å². The summed E-state index contributed by atoms with van der Waals surface area (Å²) < 4.78 is 6.15. The Hall–Kier alpha value is -2.96. The Balaban J connectivity index is 1.33. The van der Waals surface area contributed by atoms with E-state index in [2.05, 4.69) is 53.8 Å². The lowest BCUT2D eigenvalue weighted by molar-refractivity contribution is -0.214. The molecule has 1 amide bonds. The van der Waals surface area contributed by atoms with E-state index >= 15 is 0 Å². The lowest BCUT2D eigenvalue weighted by Crippen LogP contribution is -2.65. The molecule has 0 aliphatic heterocycles. The molecule has 1 aromatic rings. The molecule has 7 nitrogen and oxygen atoms in total. The van der Waals surface area contributed by atoms with Crippen LogP contribution in [-0.4, -0.2) is 40.4 Å². The van der Waals surface area contributed by atoms with E-state index in [1.54, 1.807) is 13.8 Å². The molecule has 0 radical (unpaired) electrons. The highest BCUT2D eigenvalue weighted by molar-refractivity contribution is 5.98. The molecule has 7 heteroatoms. The molecular weight excluding hydrogens is 626 g/mol. The summed E-state index contributed by atoms with van der Waals surface area (Å²) in [4.78, 5) is 52.6. The van der Waals surface area contributed by atoms with Crippen LogP contribution in [0.25, 0.3) is 0 Å². The van der Waals surface area contributed by atoms with Crippen LogP contribution < -0.4 is 5.32 Å². The lowest BCUT2D eigenvalue weighted by atomic mass is 9.34. The van der Waals surface area contributed by atoms with Crippen molar-refractivity contribution in [3.63, 3.8) is 0 Å². The highest BCUT2D eigenvalue weighted by Gasteiger charge is 2.69. The number of benzene rings is 1. The number of allylic oxidation sites excluding steroid dienone is 1. The van der Waals surface area contributed by atoms with Crippen molar-refractivity contribution >= 4 is 23.6 Å². The van der Waals surface area contributed by atoms with E-state index in [0.717, 1.165) is 56.9 Å². The van der Waals surface area contributed by atoms with Crippen molar-refractivity contribution in [2.75, 3.05) is 0 Å². The van der Waals surface area contributed by atoms with Crippen LogP contribution in [0, 0.1) is 57.7 Å². The predicted molar refractivity (Wildman–Crippen MR) is 194 cm³/mol. The molecule has 4 fully saturated rings. The number of hydrogen-bond donors (Lipinski definition) is 2. The van der Waals surface area contributed by atoms with Gasteiger partial charge in [0.15, 0.2) is 0 Å². The van der Waals surface area contributed by atoms with Crippen molar-refractivity contribution in [3.8, 4) is 0 Å². The average Bonchev–Trinajstić information content (AvgIpc) is 3.30. The first-order valence-corrected chi connectivity index (χ1v) is 19.2. The molecule has 0 bridgehead atoms. The topological polar surface area (TPSA) is 110 Å². The normalized spacial score (nSPS) is 37.7. The van der Waals surface area contributed by atoms with Crippen LogP contribution in [0.5, 0.6) is 0 Å². The van der Waals surface area contributed by atoms with Crippen molar-refractivity contribution in [3.05, 3.63) is 46.5 Å². The number of fused-ring (bicyclic) bond motifs is 6. The van der Waals surface area contributed by atoms with E-state index in [9.17, 15) is 24.3 Å². The first-order chi connectivity index (χ1) is 23.1. The maximum atomic E-state index is 14.0. The van der Waals surface area contributed by atoms with Crippen LogP contribution >= 0.6 is 0 Å². The van der Waals surface area contributed by atoms with Gasteiger partial charge in [0.2, 0.25) is 0 Å². The Morgan fingerprint density at radius 2 is 1.60 bits per heavy atom. The van der Waals surface area contributed by atoms with Gasteiger partial charge in [0.05, 0.1) is 17.4 Å².